The molecule has 0 fully saturated rings. The maximum Gasteiger partial charge on any atom is 0.340 e. The highest BCUT2D eigenvalue weighted by atomic mass is 19.1. The van der Waals surface area contributed by atoms with Gasteiger partial charge in [-0.3, -0.25) is 4.79 Å². The minimum Gasteiger partial charge on any atom is -0.497 e. The summed E-state index contributed by atoms with van der Waals surface area (Å²) in [6.45, 7) is -0.0915. The fraction of sp³-hybridized carbons (Fsp3) is 0.222. The van der Waals surface area contributed by atoms with Crippen LogP contribution in [0.25, 0.3) is 0 Å². The summed E-state index contributed by atoms with van der Waals surface area (Å²) < 4.78 is 28.4. The number of anilines is 2. The van der Waals surface area contributed by atoms with Gasteiger partial charge in [-0.25, -0.2) is 9.18 Å². The van der Waals surface area contributed by atoms with Gasteiger partial charge in [0, 0.05) is 29.6 Å². The normalized spacial score (nSPS) is 10.0. The predicted octanol–water partition coefficient (Wildman–Crippen LogP) is 2.68. The third-order valence-corrected chi connectivity index (χ3v) is 3.46. The summed E-state index contributed by atoms with van der Waals surface area (Å²) in [6, 6.07) is 8.80. The van der Waals surface area contributed by atoms with Gasteiger partial charge in [0.2, 0.25) is 5.91 Å². The summed E-state index contributed by atoms with van der Waals surface area (Å²) in [5.41, 5.74) is 0.697. The van der Waals surface area contributed by atoms with Crippen LogP contribution in [0, 0.1) is 5.82 Å². The number of carbonyl (C=O) groups excluding carboxylic acids is 2. The number of methoxy groups -OCH3 is 3. The lowest BCUT2D eigenvalue weighted by atomic mass is 10.2. The Bertz CT molecular complexity index is 788. The summed E-state index contributed by atoms with van der Waals surface area (Å²) in [4.78, 5) is 23.6. The average molecular weight is 362 g/mol. The smallest absolute Gasteiger partial charge is 0.340 e. The van der Waals surface area contributed by atoms with Crippen molar-refractivity contribution in [1.29, 1.82) is 0 Å². The first kappa shape index (κ1) is 19.0. The Labute approximate surface area is 150 Å². The van der Waals surface area contributed by atoms with E-state index in [0.29, 0.717) is 22.9 Å². The molecule has 0 heterocycles. The monoisotopic (exact) mass is 362 g/mol. The van der Waals surface area contributed by atoms with Crippen LogP contribution in [0.1, 0.15) is 10.4 Å². The van der Waals surface area contributed by atoms with Gasteiger partial charge < -0.3 is 24.8 Å². The van der Waals surface area contributed by atoms with E-state index in [1.54, 1.807) is 18.2 Å². The SMILES string of the molecule is COC(=O)c1cc(NCC(=O)Nc2cc(OC)cc(OC)c2)ccc1F. The summed E-state index contributed by atoms with van der Waals surface area (Å²) in [5, 5.41) is 5.51. The van der Waals surface area contributed by atoms with E-state index in [9.17, 15) is 14.0 Å². The lowest BCUT2D eigenvalue weighted by molar-refractivity contribution is -0.114. The Morgan fingerprint density at radius 1 is 0.962 bits per heavy atom. The van der Waals surface area contributed by atoms with Crippen molar-refractivity contribution in [2.24, 2.45) is 0 Å². The quantitative estimate of drug-likeness (QED) is 0.737. The van der Waals surface area contributed by atoms with Crippen molar-refractivity contribution in [2.45, 2.75) is 0 Å². The standard InChI is InChI=1S/C18H19FN2O5/c1-24-13-6-12(7-14(9-13)25-2)21-17(22)10-20-11-4-5-16(19)15(8-11)18(23)26-3/h4-9,20H,10H2,1-3H3,(H,21,22). The molecule has 0 unspecified atom stereocenters. The molecule has 2 aromatic carbocycles. The molecule has 7 nitrogen and oxygen atoms in total. The van der Waals surface area contributed by atoms with Crippen LogP contribution in [0.2, 0.25) is 0 Å². The molecule has 0 aliphatic carbocycles. The van der Waals surface area contributed by atoms with Gasteiger partial charge in [-0.2, -0.15) is 0 Å². The number of hydrogen-bond donors (Lipinski definition) is 2. The second-order valence-electron chi connectivity index (χ2n) is 5.19. The van der Waals surface area contributed by atoms with E-state index in [-0.39, 0.29) is 18.0 Å². The zero-order valence-corrected chi connectivity index (χ0v) is 14.6. The number of esters is 1. The molecule has 2 N–H and O–H groups in total. The van der Waals surface area contributed by atoms with Gasteiger partial charge in [-0.15, -0.1) is 0 Å². The van der Waals surface area contributed by atoms with Crippen molar-refractivity contribution >= 4 is 23.3 Å². The first-order valence-corrected chi connectivity index (χ1v) is 7.61. The van der Waals surface area contributed by atoms with Gasteiger partial charge in [0.25, 0.3) is 0 Å². The molecule has 0 aromatic heterocycles. The number of ether oxygens (including phenoxy) is 3. The highest BCUT2D eigenvalue weighted by Crippen LogP contribution is 2.25. The van der Waals surface area contributed by atoms with Crippen molar-refractivity contribution in [2.75, 3.05) is 38.5 Å². The first-order valence-electron chi connectivity index (χ1n) is 7.61. The van der Waals surface area contributed by atoms with Crippen LogP contribution in [-0.2, 0) is 9.53 Å². The fourth-order valence-electron chi connectivity index (χ4n) is 2.17. The maximum absolute atomic E-state index is 13.6. The largest absolute Gasteiger partial charge is 0.497 e. The molecule has 26 heavy (non-hydrogen) atoms. The van der Waals surface area contributed by atoms with E-state index < -0.39 is 11.8 Å². The fourth-order valence-corrected chi connectivity index (χ4v) is 2.17. The molecule has 2 aromatic rings. The zero-order chi connectivity index (χ0) is 19.1. The first-order chi connectivity index (χ1) is 12.5. The van der Waals surface area contributed by atoms with Gasteiger partial charge in [0.05, 0.1) is 33.4 Å². The number of hydrogen-bond acceptors (Lipinski definition) is 6. The van der Waals surface area contributed by atoms with Crippen LogP contribution in [0.3, 0.4) is 0 Å². The molecular weight excluding hydrogens is 343 g/mol. The second-order valence-corrected chi connectivity index (χ2v) is 5.19. The van der Waals surface area contributed by atoms with Crippen LogP contribution < -0.4 is 20.1 Å². The van der Waals surface area contributed by atoms with Crippen molar-refractivity contribution < 1.29 is 28.2 Å². The van der Waals surface area contributed by atoms with E-state index in [4.69, 9.17) is 9.47 Å². The molecule has 0 bridgehead atoms. The molecule has 0 atom stereocenters. The highest BCUT2D eigenvalue weighted by molar-refractivity contribution is 5.95. The number of benzene rings is 2. The molecule has 2 rings (SSSR count). The van der Waals surface area contributed by atoms with Gasteiger partial charge >= 0.3 is 5.97 Å². The predicted molar refractivity (Wildman–Crippen MR) is 94.4 cm³/mol. The Morgan fingerprint density at radius 3 is 2.19 bits per heavy atom. The number of nitrogens with one attached hydrogen (secondary N) is 2. The van der Waals surface area contributed by atoms with Crippen molar-refractivity contribution in [3.63, 3.8) is 0 Å². The Hall–Kier alpha value is -3.29. The third-order valence-electron chi connectivity index (χ3n) is 3.46. The van der Waals surface area contributed by atoms with Crippen molar-refractivity contribution in [3.8, 4) is 11.5 Å². The van der Waals surface area contributed by atoms with Crippen LogP contribution in [0.5, 0.6) is 11.5 Å². The van der Waals surface area contributed by atoms with Crippen LogP contribution in [0.15, 0.2) is 36.4 Å². The van der Waals surface area contributed by atoms with Crippen LogP contribution >= 0.6 is 0 Å². The van der Waals surface area contributed by atoms with Gasteiger partial charge in [0.1, 0.15) is 17.3 Å². The lowest BCUT2D eigenvalue weighted by Crippen LogP contribution is -2.22. The van der Waals surface area contributed by atoms with E-state index in [1.807, 2.05) is 0 Å². The van der Waals surface area contributed by atoms with E-state index in [0.717, 1.165) is 13.2 Å². The van der Waals surface area contributed by atoms with Crippen LogP contribution in [0.4, 0.5) is 15.8 Å². The summed E-state index contributed by atoms with van der Waals surface area (Å²) in [5.74, 6) is -0.763. The topological polar surface area (TPSA) is 85.9 Å². The van der Waals surface area contributed by atoms with Gasteiger partial charge in [-0.05, 0) is 18.2 Å². The third kappa shape index (κ3) is 4.85. The number of carbonyl (C=O) groups is 2. The Kier molecular flexibility index (Phi) is 6.37. The van der Waals surface area contributed by atoms with Gasteiger partial charge in [0.15, 0.2) is 0 Å². The molecule has 0 aliphatic rings. The molecule has 0 saturated carbocycles. The minimum absolute atomic E-state index is 0.0915. The number of amides is 1. The van der Waals surface area contributed by atoms with E-state index >= 15 is 0 Å². The zero-order valence-electron chi connectivity index (χ0n) is 14.6. The molecule has 0 saturated heterocycles. The molecule has 1 amide bonds. The minimum atomic E-state index is -0.793. The van der Waals surface area contributed by atoms with E-state index in [1.165, 1.54) is 26.4 Å². The molecule has 0 radical (unpaired) electrons. The maximum atomic E-state index is 13.6. The number of halogens is 1. The summed E-state index contributed by atoms with van der Waals surface area (Å²) in [7, 11) is 4.18. The summed E-state index contributed by atoms with van der Waals surface area (Å²) >= 11 is 0. The Morgan fingerprint density at radius 2 is 1.62 bits per heavy atom. The molecular formula is C18H19FN2O5. The van der Waals surface area contributed by atoms with Gasteiger partial charge in [-0.1, -0.05) is 0 Å². The number of rotatable bonds is 7. The van der Waals surface area contributed by atoms with Crippen LogP contribution in [-0.4, -0.2) is 39.8 Å². The molecule has 138 valence electrons. The van der Waals surface area contributed by atoms with Crippen molar-refractivity contribution in [1.82, 2.24) is 0 Å². The Balaban J connectivity index is 2.02. The average Bonchev–Trinajstić information content (AvgIpc) is 2.66. The second kappa shape index (κ2) is 8.70. The molecule has 0 spiro atoms. The van der Waals surface area contributed by atoms with Crippen molar-refractivity contribution in [3.05, 3.63) is 47.8 Å². The summed E-state index contributed by atoms with van der Waals surface area (Å²) in [6.07, 6.45) is 0. The highest BCUT2D eigenvalue weighted by Gasteiger charge is 2.13. The molecule has 8 heteroatoms. The van der Waals surface area contributed by atoms with E-state index in [2.05, 4.69) is 15.4 Å². The lowest BCUT2D eigenvalue weighted by Gasteiger charge is -2.11. The molecule has 0 aliphatic heterocycles.